The molecule has 0 atom stereocenters. The highest BCUT2D eigenvalue weighted by Gasteiger charge is 2.02. The van der Waals surface area contributed by atoms with Gasteiger partial charge >= 0.3 is 6.03 Å². The second-order valence-corrected chi connectivity index (χ2v) is 5.17. The highest BCUT2D eigenvalue weighted by molar-refractivity contribution is 5.89. The predicted octanol–water partition coefficient (Wildman–Crippen LogP) is 3.22. The molecular formula is C17H21N3O2. The number of ether oxygens (including phenoxy) is 1. The quantitative estimate of drug-likeness (QED) is 0.834. The number of urea groups is 1. The molecule has 22 heavy (non-hydrogen) atoms. The number of benzene rings is 2. The molecule has 0 unspecified atom stereocenters. The van der Waals surface area contributed by atoms with Crippen molar-refractivity contribution >= 4 is 17.4 Å². The number of hydrogen-bond acceptors (Lipinski definition) is 3. The van der Waals surface area contributed by atoms with E-state index in [1.165, 1.54) is 5.56 Å². The molecule has 0 heterocycles. The van der Waals surface area contributed by atoms with E-state index >= 15 is 0 Å². The Kier molecular flexibility index (Phi) is 5.25. The van der Waals surface area contributed by atoms with Crippen molar-refractivity contribution in [3.63, 3.8) is 0 Å². The van der Waals surface area contributed by atoms with Gasteiger partial charge in [0.05, 0.1) is 0 Å². The largest absolute Gasteiger partial charge is 0.473 e. The highest BCUT2D eigenvalue weighted by atomic mass is 16.5. The van der Waals surface area contributed by atoms with Crippen molar-refractivity contribution in [3.8, 4) is 5.75 Å². The average Bonchev–Trinajstić information content (AvgIpc) is 2.50. The Morgan fingerprint density at radius 3 is 2.27 bits per heavy atom. The molecule has 2 amide bonds. The minimum absolute atomic E-state index is 0.116. The summed E-state index contributed by atoms with van der Waals surface area (Å²) in [5.74, 6) is 0.723. The molecule has 0 saturated heterocycles. The van der Waals surface area contributed by atoms with Gasteiger partial charge in [0.2, 0.25) is 0 Å². The number of carbonyl (C=O) groups excluding carboxylic acids is 1. The molecular weight excluding hydrogens is 278 g/mol. The number of nitrogens with one attached hydrogen (secondary N) is 2. The summed E-state index contributed by atoms with van der Waals surface area (Å²) in [5, 5.41) is 5.40. The van der Waals surface area contributed by atoms with Crippen molar-refractivity contribution in [2.75, 3.05) is 31.0 Å². The Labute approximate surface area is 130 Å². The zero-order valence-electron chi connectivity index (χ0n) is 13.1. The molecule has 5 nitrogen and oxygen atoms in total. The van der Waals surface area contributed by atoms with E-state index in [1.54, 1.807) is 0 Å². The molecule has 2 aromatic rings. The minimum atomic E-state index is -0.301. The maximum atomic E-state index is 11.8. The van der Waals surface area contributed by atoms with E-state index in [4.69, 9.17) is 4.74 Å². The lowest BCUT2D eigenvalue weighted by Gasteiger charge is -2.13. The standard InChI is InChI=1S/C17H21N3O2/c1-13-4-10-16(11-5-13)22-12-18-17(21)19-14-6-8-15(9-7-14)20(2)3/h4-11H,12H2,1-3H3,(H2,18,19,21). The smallest absolute Gasteiger partial charge is 0.321 e. The SMILES string of the molecule is Cc1ccc(OCNC(=O)Nc2ccc(N(C)C)cc2)cc1. The summed E-state index contributed by atoms with van der Waals surface area (Å²) in [6.45, 7) is 2.13. The van der Waals surface area contributed by atoms with Crippen LogP contribution in [0.1, 0.15) is 5.56 Å². The van der Waals surface area contributed by atoms with Gasteiger partial charge in [0.1, 0.15) is 5.75 Å². The van der Waals surface area contributed by atoms with Crippen molar-refractivity contribution in [2.45, 2.75) is 6.92 Å². The first kappa shape index (κ1) is 15.7. The monoisotopic (exact) mass is 299 g/mol. The number of carbonyl (C=O) groups is 1. The molecule has 0 radical (unpaired) electrons. The fourth-order valence-electron chi connectivity index (χ4n) is 1.84. The van der Waals surface area contributed by atoms with E-state index in [-0.39, 0.29) is 12.8 Å². The molecule has 0 aliphatic carbocycles. The Hall–Kier alpha value is -2.69. The molecule has 0 spiro atoms. The summed E-state index contributed by atoms with van der Waals surface area (Å²) < 4.78 is 5.44. The van der Waals surface area contributed by atoms with Crippen molar-refractivity contribution in [3.05, 3.63) is 54.1 Å². The van der Waals surface area contributed by atoms with Crippen LogP contribution in [0.3, 0.4) is 0 Å². The van der Waals surface area contributed by atoms with Crippen LogP contribution in [0, 0.1) is 6.92 Å². The lowest BCUT2D eigenvalue weighted by molar-refractivity contribution is 0.234. The molecule has 0 bridgehead atoms. The molecule has 0 saturated carbocycles. The molecule has 5 heteroatoms. The third kappa shape index (κ3) is 4.70. The maximum Gasteiger partial charge on any atom is 0.321 e. The van der Waals surface area contributed by atoms with Gasteiger partial charge in [-0.1, -0.05) is 17.7 Å². The summed E-state index contributed by atoms with van der Waals surface area (Å²) in [4.78, 5) is 13.8. The summed E-state index contributed by atoms with van der Waals surface area (Å²) in [6, 6.07) is 15.0. The molecule has 0 aromatic heterocycles. The second-order valence-electron chi connectivity index (χ2n) is 5.17. The summed E-state index contributed by atoms with van der Waals surface area (Å²) in [7, 11) is 3.94. The lowest BCUT2D eigenvalue weighted by atomic mass is 10.2. The average molecular weight is 299 g/mol. The van der Waals surface area contributed by atoms with E-state index in [1.807, 2.05) is 74.4 Å². The second kappa shape index (κ2) is 7.36. The van der Waals surface area contributed by atoms with Crippen molar-refractivity contribution in [2.24, 2.45) is 0 Å². The van der Waals surface area contributed by atoms with Gasteiger partial charge in [0.15, 0.2) is 6.73 Å². The molecule has 116 valence electrons. The van der Waals surface area contributed by atoms with Gasteiger partial charge in [-0.15, -0.1) is 0 Å². The molecule has 2 N–H and O–H groups in total. The number of rotatable bonds is 5. The van der Waals surface area contributed by atoms with Gasteiger partial charge in [-0.2, -0.15) is 0 Å². The third-order valence-electron chi connectivity index (χ3n) is 3.13. The third-order valence-corrected chi connectivity index (χ3v) is 3.13. The van der Waals surface area contributed by atoms with Gasteiger partial charge in [-0.25, -0.2) is 4.79 Å². The van der Waals surface area contributed by atoms with E-state index in [0.717, 1.165) is 17.1 Å². The lowest BCUT2D eigenvalue weighted by Crippen LogP contribution is -2.32. The van der Waals surface area contributed by atoms with Crippen LogP contribution in [0.15, 0.2) is 48.5 Å². The van der Waals surface area contributed by atoms with Crippen molar-refractivity contribution in [1.82, 2.24) is 5.32 Å². The van der Waals surface area contributed by atoms with Crippen LogP contribution in [-0.2, 0) is 0 Å². The van der Waals surface area contributed by atoms with Crippen LogP contribution in [0.2, 0.25) is 0 Å². The fraction of sp³-hybridized carbons (Fsp3) is 0.235. The van der Waals surface area contributed by atoms with Crippen molar-refractivity contribution < 1.29 is 9.53 Å². The fourth-order valence-corrected chi connectivity index (χ4v) is 1.84. The van der Waals surface area contributed by atoms with Crippen LogP contribution < -0.4 is 20.3 Å². The summed E-state index contributed by atoms with van der Waals surface area (Å²) in [5.41, 5.74) is 2.98. The molecule has 0 aliphatic heterocycles. The van der Waals surface area contributed by atoms with Gasteiger partial charge in [-0.3, -0.25) is 0 Å². The number of nitrogens with zero attached hydrogens (tertiary/aromatic N) is 1. The Morgan fingerprint density at radius 2 is 1.68 bits per heavy atom. The first-order valence-corrected chi connectivity index (χ1v) is 7.06. The minimum Gasteiger partial charge on any atom is -0.473 e. The van der Waals surface area contributed by atoms with Crippen LogP contribution in [0.5, 0.6) is 5.75 Å². The first-order chi connectivity index (χ1) is 10.5. The Balaban J connectivity index is 1.76. The Bertz CT molecular complexity index is 607. The zero-order chi connectivity index (χ0) is 15.9. The number of aryl methyl sites for hydroxylation is 1. The van der Waals surface area contributed by atoms with E-state index in [2.05, 4.69) is 10.6 Å². The summed E-state index contributed by atoms with van der Waals surface area (Å²) in [6.07, 6.45) is 0. The molecule has 0 fully saturated rings. The number of hydrogen-bond donors (Lipinski definition) is 2. The van der Waals surface area contributed by atoms with Crippen LogP contribution >= 0.6 is 0 Å². The summed E-state index contributed by atoms with van der Waals surface area (Å²) >= 11 is 0. The van der Waals surface area contributed by atoms with E-state index in [9.17, 15) is 4.79 Å². The van der Waals surface area contributed by atoms with Gasteiger partial charge in [0, 0.05) is 25.5 Å². The van der Waals surface area contributed by atoms with Crippen LogP contribution in [-0.4, -0.2) is 26.9 Å². The van der Waals surface area contributed by atoms with E-state index < -0.39 is 0 Å². The molecule has 0 aliphatic rings. The molecule has 2 aromatic carbocycles. The normalized spacial score (nSPS) is 9.95. The van der Waals surface area contributed by atoms with Gasteiger partial charge in [-0.05, 0) is 43.3 Å². The van der Waals surface area contributed by atoms with Gasteiger partial charge < -0.3 is 20.3 Å². The highest BCUT2D eigenvalue weighted by Crippen LogP contribution is 2.15. The predicted molar refractivity (Wildman–Crippen MR) is 89.6 cm³/mol. The number of amides is 2. The molecule has 2 rings (SSSR count). The zero-order valence-corrected chi connectivity index (χ0v) is 13.1. The van der Waals surface area contributed by atoms with E-state index in [0.29, 0.717) is 0 Å². The van der Waals surface area contributed by atoms with Crippen LogP contribution in [0.25, 0.3) is 0 Å². The van der Waals surface area contributed by atoms with Crippen LogP contribution in [0.4, 0.5) is 16.2 Å². The first-order valence-electron chi connectivity index (χ1n) is 7.06. The maximum absolute atomic E-state index is 11.8. The Morgan fingerprint density at radius 1 is 1.05 bits per heavy atom. The van der Waals surface area contributed by atoms with Crippen molar-refractivity contribution in [1.29, 1.82) is 0 Å². The van der Waals surface area contributed by atoms with Gasteiger partial charge in [0.25, 0.3) is 0 Å². The number of anilines is 2. The topological polar surface area (TPSA) is 53.6 Å².